The topological polar surface area (TPSA) is 93.4 Å². The van der Waals surface area contributed by atoms with Gasteiger partial charge < -0.3 is 21.1 Å². The number of hydrogen-bond acceptors (Lipinski definition) is 4. The summed E-state index contributed by atoms with van der Waals surface area (Å²) < 4.78 is 5.51. The summed E-state index contributed by atoms with van der Waals surface area (Å²) in [5.41, 5.74) is 7.42. The molecule has 6 nitrogen and oxygen atoms in total. The van der Waals surface area contributed by atoms with Gasteiger partial charge in [-0.15, -0.1) is 12.4 Å². The third-order valence-electron chi connectivity index (χ3n) is 3.79. The molecule has 0 spiro atoms. The molecule has 0 aliphatic carbocycles. The van der Waals surface area contributed by atoms with Crippen LogP contribution in [0.2, 0.25) is 0 Å². The number of halogens is 1. The van der Waals surface area contributed by atoms with Crippen molar-refractivity contribution < 1.29 is 14.3 Å². The normalized spacial score (nSPS) is 10.1. The molecule has 0 radical (unpaired) electrons. The maximum absolute atomic E-state index is 12.2. The largest absolute Gasteiger partial charge is 0.484 e. The predicted molar refractivity (Wildman–Crippen MR) is 110 cm³/mol. The second-order valence-electron chi connectivity index (χ2n) is 6.15. The summed E-state index contributed by atoms with van der Waals surface area (Å²) in [4.78, 5) is 24.3. The molecule has 4 N–H and O–H groups in total. The van der Waals surface area contributed by atoms with E-state index < -0.39 is 0 Å². The Balaban J connectivity index is 0.00000364. The fraction of sp³-hybridized carbons (Fsp3) is 0.300. The molecule has 0 atom stereocenters. The SMILES string of the molecule is CC(C)c1ccc(OCC(=O)Nc2ccccc2C(=O)NCCN)cc1.Cl. The van der Waals surface area contributed by atoms with Crippen LogP contribution in [0.3, 0.4) is 0 Å². The smallest absolute Gasteiger partial charge is 0.262 e. The third kappa shape index (κ3) is 6.92. The van der Waals surface area contributed by atoms with Gasteiger partial charge in [0, 0.05) is 13.1 Å². The minimum atomic E-state index is -0.336. The highest BCUT2D eigenvalue weighted by atomic mass is 35.5. The van der Waals surface area contributed by atoms with Crippen LogP contribution in [0.1, 0.15) is 35.7 Å². The second kappa shape index (κ2) is 11.2. The van der Waals surface area contributed by atoms with Gasteiger partial charge in [0.2, 0.25) is 0 Å². The molecule has 2 aromatic rings. The maximum atomic E-state index is 12.2. The van der Waals surface area contributed by atoms with Crippen LogP contribution in [0.25, 0.3) is 0 Å². The molecular formula is C20H26ClN3O3. The summed E-state index contributed by atoms with van der Waals surface area (Å²) in [5, 5.41) is 5.40. The molecule has 0 unspecified atom stereocenters. The van der Waals surface area contributed by atoms with Crippen LogP contribution in [0, 0.1) is 0 Å². The molecule has 0 aromatic heterocycles. The highest BCUT2D eigenvalue weighted by molar-refractivity contribution is 6.04. The van der Waals surface area contributed by atoms with Gasteiger partial charge in [0.05, 0.1) is 11.3 Å². The zero-order chi connectivity index (χ0) is 18.9. The van der Waals surface area contributed by atoms with Crippen molar-refractivity contribution in [2.24, 2.45) is 5.73 Å². The van der Waals surface area contributed by atoms with Gasteiger partial charge >= 0.3 is 0 Å². The monoisotopic (exact) mass is 391 g/mol. The Kier molecular flexibility index (Phi) is 9.33. The molecule has 2 rings (SSSR count). The second-order valence-corrected chi connectivity index (χ2v) is 6.15. The summed E-state index contributed by atoms with van der Waals surface area (Å²) in [5.74, 6) is 0.446. The number of carbonyl (C=O) groups is 2. The van der Waals surface area contributed by atoms with E-state index in [0.29, 0.717) is 36.0 Å². The highest BCUT2D eigenvalue weighted by Gasteiger charge is 2.13. The highest BCUT2D eigenvalue weighted by Crippen LogP contribution is 2.19. The third-order valence-corrected chi connectivity index (χ3v) is 3.79. The van der Waals surface area contributed by atoms with Crippen molar-refractivity contribution in [3.05, 3.63) is 59.7 Å². The van der Waals surface area contributed by atoms with Gasteiger partial charge in [-0.1, -0.05) is 38.1 Å². The van der Waals surface area contributed by atoms with Gasteiger partial charge in [-0.05, 0) is 35.7 Å². The Labute approximate surface area is 165 Å². The number of benzene rings is 2. The van der Waals surface area contributed by atoms with Gasteiger partial charge in [-0.3, -0.25) is 9.59 Å². The number of rotatable bonds is 8. The van der Waals surface area contributed by atoms with E-state index in [1.807, 2.05) is 24.3 Å². The van der Waals surface area contributed by atoms with Crippen LogP contribution >= 0.6 is 12.4 Å². The number of carbonyl (C=O) groups excluding carboxylic acids is 2. The number of para-hydroxylation sites is 1. The summed E-state index contributed by atoms with van der Waals surface area (Å²) >= 11 is 0. The summed E-state index contributed by atoms with van der Waals surface area (Å²) in [6.07, 6.45) is 0. The number of amides is 2. The van der Waals surface area contributed by atoms with Crippen LogP contribution in [0.4, 0.5) is 5.69 Å². The standard InChI is InChI=1S/C20H25N3O3.ClH/c1-14(2)15-7-9-16(10-8-15)26-13-19(24)23-18-6-4-3-5-17(18)20(25)22-12-11-21;/h3-10,14H,11-13,21H2,1-2H3,(H,22,25)(H,23,24);1H. The van der Waals surface area contributed by atoms with E-state index in [4.69, 9.17) is 10.5 Å². The number of anilines is 1. The first-order valence-corrected chi connectivity index (χ1v) is 8.61. The molecule has 27 heavy (non-hydrogen) atoms. The van der Waals surface area contributed by atoms with E-state index in [0.717, 1.165) is 0 Å². The predicted octanol–water partition coefficient (Wildman–Crippen LogP) is 2.94. The molecule has 2 amide bonds. The molecule has 0 saturated carbocycles. The minimum Gasteiger partial charge on any atom is -0.484 e. The van der Waals surface area contributed by atoms with E-state index in [2.05, 4.69) is 24.5 Å². The lowest BCUT2D eigenvalue weighted by Gasteiger charge is -2.12. The van der Waals surface area contributed by atoms with E-state index in [1.165, 1.54) is 5.56 Å². The number of ether oxygens (including phenoxy) is 1. The van der Waals surface area contributed by atoms with Crippen LogP contribution in [0.5, 0.6) is 5.75 Å². The first-order valence-electron chi connectivity index (χ1n) is 8.61. The molecule has 2 aromatic carbocycles. The van der Waals surface area contributed by atoms with E-state index in [9.17, 15) is 9.59 Å². The van der Waals surface area contributed by atoms with E-state index in [-0.39, 0.29) is 30.8 Å². The molecule has 0 saturated heterocycles. The molecule has 0 aliphatic heterocycles. The average Bonchev–Trinajstić information content (AvgIpc) is 2.65. The number of nitrogens with one attached hydrogen (secondary N) is 2. The summed E-state index contributed by atoms with van der Waals surface area (Å²) in [6.45, 7) is 4.81. The Morgan fingerprint density at radius 1 is 1.07 bits per heavy atom. The number of nitrogens with two attached hydrogens (primary N) is 1. The fourth-order valence-electron chi connectivity index (χ4n) is 2.36. The molecule has 7 heteroatoms. The number of hydrogen-bond donors (Lipinski definition) is 3. The maximum Gasteiger partial charge on any atom is 0.262 e. The lowest BCUT2D eigenvalue weighted by atomic mass is 10.0. The van der Waals surface area contributed by atoms with Gasteiger partial charge in [0.15, 0.2) is 6.61 Å². The van der Waals surface area contributed by atoms with Crippen molar-refractivity contribution in [3.63, 3.8) is 0 Å². The average molecular weight is 392 g/mol. The van der Waals surface area contributed by atoms with Crippen molar-refractivity contribution in [3.8, 4) is 5.75 Å². The molecular weight excluding hydrogens is 366 g/mol. The summed E-state index contributed by atoms with van der Waals surface area (Å²) in [7, 11) is 0. The van der Waals surface area contributed by atoms with Crippen LogP contribution in [0.15, 0.2) is 48.5 Å². The zero-order valence-corrected chi connectivity index (χ0v) is 16.3. The Morgan fingerprint density at radius 3 is 2.37 bits per heavy atom. The van der Waals surface area contributed by atoms with Crippen molar-refractivity contribution >= 4 is 29.9 Å². The molecule has 146 valence electrons. The lowest BCUT2D eigenvalue weighted by Crippen LogP contribution is -2.30. The van der Waals surface area contributed by atoms with Gasteiger partial charge in [-0.25, -0.2) is 0 Å². The van der Waals surface area contributed by atoms with Gasteiger partial charge in [0.1, 0.15) is 5.75 Å². The summed E-state index contributed by atoms with van der Waals surface area (Å²) in [6, 6.07) is 14.5. The van der Waals surface area contributed by atoms with E-state index in [1.54, 1.807) is 24.3 Å². The fourth-order valence-corrected chi connectivity index (χ4v) is 2.36. The van der Waals surface area contributed by atoms with Crippen molar-refractivity contribution in [1.82, 2.24) is 5.32 Å². The molecule has 0 bridgehead atoms. The Bertz CT molecular complexity index is 748. The van der Waals surface area contributed by atoms with Crippen molar-refractivity contribution in [1.29, 1.82) is 0 Å². The Hall–Kier alpha value is -2.57. The van der Waals surface area contributed by atoms with Crippen molar-refractivity contribution in [2.75, 3.05) is 25.0 Å². The van der Waals surface area contributed by atoms with E-state index >= 15 is 0 Å². The van der Waals surface area contributed by atoms with Crippen LogP contribution in [-0.2, 0) is 4.79 Å². The van der Waals surface area contributed by atoms with Gasteiger partial charge in [-0.2, -0.15) is 0 Å². The first kappa shape index (κ1) is 22.5. The van der Waals surface area contributed by atoms with Crippen LogP contribution < -0.4 is 21.1 Å². The molecule has 0 heterocycles. The van der Waals surface area contributed by atoms with Gasteiger partial charge in [0.25, 0.3) is 11.8 Å². The minimum absolute atomic E-state index is 0. The first-order chi connectivity index (χ1) is 12.5. The molecule has 0 fully saturated rings. The quantitative estimate of drug-likeness (QED) is 0.644. The Morgan fingerprint density at radius 2 is 1.74 bits per heavy atom. The van der Waals surface area contributed by atoms with Crippen molar-refractivity contribution in [2.45, 2.75) is 19.8 Å². The van der Waals surface area contributed by atoms with Crippen LogP contribution in [-0.4, -0.2) is 31.5 Å². The lowest BCUT2D eigenvalue weighted by molar-refractivity contribution is -0.118. The zero-order valence-electron chi connectivity index (χ0n) is 15.5. The molecule has 0 aliphatic rings.